The molecule has 0 bridgehead atoms. The summed E-state index contributed by atoms with van der Waals surface area (Å²) < 4.78 is 0. The molecule has 1 aliphatic carbocycles. The standard InChI is InChI=1S/C15H26N2O3/c1-9(2)6-11(15(19)20)8-17-14(18)13-12-5-3-4-10(12)7-16-13/h9-13,16H,3-8H2,1-2H3,(H,17,18)(H,19,20). The molecule has 0 aromatic rings. The molecule has 4 unspecified atom stereocenters. The highest BCUT2D eigenvalue weighted by atomic mass is 16.4. The summed E-state index contributed by atoms with van der Waals surface area (Å²) >= 11 is 0. The summed E-state index contributed by atoms with van der Waals surface area (Å²) in [7, 11) is 0. The molecule has 1 aliphatic heterocycles. The van der Waals surface area contributed by atoms with E-state index in [1.165, 1.54) is 12.8 Å². The number of fused-ring (bicyclic) bond motifs is 1. The number of nitrogens with one attached hydrogen (secondary N) is 2. The lowest BCUT2D eigenvalue weighted by Crippen LogP contribution is -2.46. The quantitative estimate of drug-likeness (QED) is 0.685. The maximum atomic E-state index is 12.2. The van der Waals surface area contributed by atoms with Gasteiger partial charge in [-0.2, -0.15) is 0 Å². The van der Waals surface area contributed by atoms with Gasteiger partial charge in [0.05, 0.1) is 12.0 Å². The van der Waals surface area contributed by atoms with Gasteiger partial charge in [0.2, 0.25) is 5.91 Å². The summed E-state index contributed by atoms with van der Waals surface area (Å²) in [4.78, 5) is 23.4. The van der Waals surface area contributed by atoms with Crippen molar-refractivity contribution in [2.45, 2.75) is 45.6 Å². The van der Waals surface area contributed by atoms with E-state index in [-0.39, 0.29) is 18.5 Å². The topological polar surface area (TPSA) is 78.4 Å². The molecule has 2 fully saturated rings. The number of hydrogen-bond donors (Lipinski definition) is 3. The first-order valence-corrected chi connectivity index (χ1v) is 7.73. The van der Waals surface area contributed by atoms with Gasteiger partial charge >= 0.3 is 5.97 Å². The molecule has 2 rings (SSSR count). The average molecular weight is 282 g/mol. The number of amides is 1. The summed E-state index contributed by atoms with van der Waals surface area (Å²) in [6, 6.07) is -0.115. The molecule has 0 aromatic carbocycles. The van der Waals surface area contributed by atoms with Gasteiger partial charge in [0, 0.05) is 6.54 Å². The molecule has 2 aliphatic rings. The monoisotopic (exact) mass is 282 g/mol. The van der Waals surface area contributed by atoms with Crippen LogP contribution in [-0.4, -0.2) is 36.1 Å². The predicted octanol–water partition coefficient (Wildman–Crippen LogP) is 1.24. The van der Waals surface area contributed by atoms with E-state index in [1.54, 1.807) is 0 Å². The Hall–Kier alpha value is -1.10. The Morgan fingerprint density at radius 1 is 1.35 bits per heavy atom. The van der Waals surface area contributed by atoms with Gasteiger partial charge in [0.1, 0.15) is 0 Å². The highest BCUT2D eigenvalue weighted by Crippen LogP contribution is 2.37. The van der Waals surface area contributed by atoms with E-state index in [1.807, 2.05) is 13.8 Å². The summed E-state index contributed by atoms with van der Waals surface area (Å²) in [6.07, 6.45) is 4.14. The molecule has 1 heterocycles. The van der Waals surface area contributed by atoms with Gasteiger partial charge in [-0.05, 0) is 43.6 Å². The summed E-state index contributed by atoms with van der Waals surface area (Å²) in [5.74, 6) is 0.0724. The number of hydrogen-bond acceptors (Lipinski definition) is 3. The number of carbonyl (C=O) groups is 2. The van der Waals surface area contributed by atoms with Crippen molar-refractivity contribution >= 4 is 11.9 Å². The molecule has 4 atom stereocenters. The van der Waals surface area contributed by atoms with Crippen molar-refractivity contribution in [1.29, 1.82) is 0 Å². The Morgan fingerprint density at radius 3 is 2.75 bits per heavy atom. The van der Waals surface area contributed by atoms with Crippen LogP contribution < -0.4 is 10.6 Å². The zero-order valence-electron chi connectivity index (χ0n) is 12.4. The highest BCUT2D eigenvalue weighted by Gasteiger charge is 2.42. The van der Waals surface area contributed by atoms with Crippen molar-refractivity contribution < 1.29 is 14.7 Å². The maximum Gasteiger partial charge on any atom is 0.308 e. The third-order valence-electron chi connectivity index (χ3n) is 4.66. The maximum absolute atomic E-state index is 12.2. The number of aliphatic carboxylic acids is 1. The molecule has 1 amide bonds. The van der Waals surface area contributed by atoms with E-state index in [9.17, 15) is 14.7 Å². The number of rotatable bonds is 6. The van der Waals surface area contributed by atoms with Crippen LogP contribution in [0.15, 0.2) is 0 Å². The van der Waals surface area contributed by atoms with Gasteiger partial charge in [-0.1, -0.05) is 20.3 Å². The fourth-order valence-corrected chi connectivity index (χ4v) is 3.65. The van der Waals surface area contributed by atoms with Gasteiger partial charge in [-0.3, -0.25) is 9.59 Å². The number of carboxylic acid groups (broad SMARTS) is 1. The lowest BCUT2D eigenvalue weighted by Gasteiger charge is -2.20. The Kier molecular flexibility index (Phi) is 5.02. The molecule has 3 N–H and O–H groups in total. The Balaban J connectivity index is 1.83. The Bertz CT molecular complexity index is 370. The van der Waals surface area contributed by atoms with Gasteiger partial charge < -0.3 is 15.7 Å². The van der Waals surface area contributed by atoms with Gasteiger partial charge in [-0.15, -0.1) is 0 Å². The lowest BCUT2D eigenvalue weighted by molar-refractivity contribution is -0.142. The second kappa shape index (κ2) is 6.57. The molecular weight excluding hydrogens is 256 g/mol. The van der Waals surface area contributed by atoms with Crippen LogP contribution in [0.3, 0.4) is 0 Å². The van der Waals surface area contributed by atoms with Crippen LogP contribution >= 0.6 is 0 Å². The fraction of sp³-hybridized carbons (Fsp3) is 0.867. The predicted molar refractivity (Wildman–Crippen MR) is 76.2 cm³/mol. The van der Waals surface area contributed by atoms with Crippen molar-refractivity contribution in [3.05, 3.63) is 0 Å². The van der Waals surface area contributed by atoms with E-state index in [0.717, 1.165) is 13.0 Å². The van der Waals surface area contributed by atoms with E-state index in [0.29, 0.717) is 24.2 Å². The molecule has 5 nitrogen and oxygen atoms in total. The zero-order chi connectivity index (χ0) is 14.7. The second-order valence-electron chi connectivity index (χ2n) is 6.65. The van der Waals surface area contributed by atoms with Crippen molar-refractivity contribution in [1.82, 2.24) is 10.6 Å². The van der Waals surface area contributed by atoms with Crippen LogP contribution in [0.1, 0.15) is 39.5 Å². The van der Waals surface area contributed by atoms with Crippen molar-refractivity contribution in [2.75, 3.05) is 13.1 Å². The summed E-state index contributed by atoms with van der Waals surface area (Å²) in [5, 5.41) is 15.3. The minimum absolute atomic E-state index is 0.0191. The normalized spacial score (nSPS) is 30.2. The molecule has 0 radical (unpaired) electrons. The molecule has 1 saturated carbocycles. The molecule has 5 heteroatoms. The third-order valence-corrected chi connectivity index (χ3v) is 4.66. The molecule has 0 aromatic heterocycles. The number of carboxylic acids is 1. The van der Waals surface area contributed by atoms with E-state index in [2.05, 4.69) is 10.6 Å². The fourth-order valence-electron chi connectivity index (χ4n) is 3.65. The van der Waals surface area contributed by atoms with E-state index in [4.69, 9.17) is 0 Å². The van der Waals surface area contributed by atoms with Crippen LogP contribution in [0.5, 0.6) is 0 Å². The molecule has 0 spiro atoms. The molecule has 1 saturated heterocycles. The Labute approximate surface area is 120 Å². The first-order chi connectivity index (χ1) is 9.49. The zero-order valence-corrected chi connectivity index (χ0v) is 12.4. The van der Waals surface area contributed by atoms with Gasteiger partial charge in [-0.25, -0.2) is 0 Å². The largest absolute Gasteiger partial charge is 0.481 e. The third kappa shape index (κ3) is 3.51. The minimum Gasteiger partial charge on any atom is -0.481 e. The number of carbonyl (C=O) groups excluding carboxylic acids is 1. The van der Waals surface area contributed by atoms with Gasteiger partial charge in [0.25, 0.3) is 0 Å². The average Bonchev–Trinajstić information content (AvgIpc) is 2.95. The van der Waals surface area contributed by atoms with E-state index < -0.39 is 11.9 Å². The van der Waals surface area contributed by atoms with Gasteiger partial charge in [0.15, 0.2) is 0 Å². The first-order valence-electron chi connectivity index (χ1n) is 7.73. The van der Waals surface area contributed by atoms with Crippen LogP contribution in [0.4, 0.5) is 0 Å². The van der Waals surface area contributed by atoms with Crippen LogP contribution in [-0.2, 0) is 9.59 Å². The summed E-state index contributed by atoms with van der Waals surface area (Å²) in [5.41, 5.74) is 0. The second-order valence-corrected chi connectivity index (χ2v) is 6.65. The molecule has 20 heavy (non-hydrogen) atoms. The Morgan fingerprint density at radius 2 is 2.10 bits per heavy atom. The van der Waals surface area contributed by atoms with Crippen molar-refractivity contribution in [2.24, 2.45) is 23.7 Å². The van der Waals surface area contributed by atoms with E-state index >= 15 is 0 Å². The SMILES string of the molecule is CC(C)CC(CNC(=O)C1NCC2CCCC21)C(=O)O. The molecular formula is C15H26N2O3. The van der Waals surface area contributed by atoms with Crippen molar-refractivity contribution in [3.8, 4) is 0 Å². The van der Waals surface area contributed by atoms with Crippen molar-refractivity contribution in [3.63, 3.8) is 0 Å². The molecule has 114 valence electrons. The highest BCUT2D eigenvalue weighted by molar-refractivity contribution is 5.83. The van der Waals surface area contributed by atoms with Crippen LogP contribution in [0, 0.1) is 23.7 Å². The first kappa shape index (κ1) is 15.3. The minimum atomic E-state index is -0.822. The summed E-state index contributed by atoms with van der Waals surface area (Å²) in [6.45, 7) is 5.16. The smallest absolute Gasteiger partial charge is 0.308 e. The van der Waals surface area contributed by atoms with Crippen LogP contribution in [0.25, 0.3) is 0 Å². The van der Waals surface area contributed by atoms with Crippen LogP contribution in [0.2, 0.25) is 0 Å². The lowest BCUT2D eigenvalue weighted by atomic mass is 9.93.